The molecule has 1 fully saturated rings. The van der Waals surface area contributed by atoms with E-state index >= 15 is 0 Å². The summed E-state index contributed by atoms with van der Waals surface area (Å²) in [7, 11) is 0. The van der Waals surface area contributed by atoms with Crippen molar-refractivity contribution in [1.82, 2.24) is 5.32 Å². The molecule has 1 unspecified atom stereocenters. The number of carbonyl (C=O) groups is 1. The van der Waals surface area contributed by atoms with Gasteiger partial charge in [0.05, 0.1) is 34.7 Å². The van der Waals surface area contributed by atoms with E-state index in [-0.39, 0.29) is 12.5 Å². The van der Waals surface area contributed by atoms with Crippen LogP contribution in [0, 0.1) is 0 Å². The third kappa shape index (κ3) is 4.66. The average molecular weight is 367 g/mol. The molecule has 1 aromatic rings. The van der Waals surface area contributed by atoms with Crippen LogP contribution in [0.4, 0.5) is 0 Å². The Morgan fingerprint density at radius 2 is 2.05 bits per heavy atom. The molecular formula is C15H20Cl3N2O2+. The van der Waals surface area contributed by atoms with Gasteiger partial charge in [0, 0.05) is 18.9 Å². The van der Waals surface area contributed by atoms with Crippen LogP contribution in [0.5, 0.6) is 5.75 Å². The van der Waals surface area contributed by atoms with Crippen molar-refractivity contribution in [2.24, 2.45) is 0 Å². The lowest BCUT2D eigenvalue weighted by atomic mass is 10.2. The van der Waals surface area contributed by atoms with Crippen molar-refractivity contribution in [1.29, 1.82) is 0 Å². The Balaban J connectivity index is 1.79. The lowest BCUT2D eigenvalue weighted by Crippen LogP contribution is -3.14. The number of nitrogens with one attached hydrogen (secondary N) is 2. The number of amides is 1. The highest BCUT2D eigenvalue weighted by Crippen LogP contribution is 2.33. The first-order valence-corrected chi connectivity index (χ1v) is 8.53. The van der Waals surface area contributed by atoms with E-state index in [0.717, 1.165) is 13.0 Å². The van der Waals surface area contributed by atoms with Gasteiger partial charge >= 0.3 is 0 Å². The number of ether oxygens (including phenoxy) is 1. The van der Waals surface area contributed by atoms with E-state index in [2.05, 4.69) is 12.2 Å². The number of halogens is 3. The van der Waals surface area contributed by atoms with Crippen molar-refractivity contribution in [3.05, 3.63) is 27.2 Å². The average Bonchev–Trinajstić information content (AvgIpc) is 2.95. The first-order valence-electron chi connectivity index (χ1n) is 7.40. The van der Waals surface area contributed by atoms with Gasteiger partial charge in [-0.15, -0.1) is 0 Å². The van der Waals surface area contributed by atoms with E-state index in [1.54, 1.807) is 4.90 Å². The van der Waals surface area contributed by atoms with Crippen LogP contribution in [0.3, 0.4) is 0 Å². The van der Waals surface area contributed by atoms with Crippen molar-refractivity contribution >= 4 is 40.7 Å². The summed E-state index contributed by atoms with van der Waals surface area (Å²) >= 11 is 17.8. The summed E-state index contributed by atoms with van der Waals surface area (Å²) in [5, 5.41) is 3.95. The molecule has 2 N–H and O–H groups in total. The number of hydrogen-bond acceptors (Lipinski definition) is 2. The minimum atomic E-state index is -0.163. The fourth-order valence-corrected chi connectivity index (χ4v) is 3.33. The summed E-state index contributed by atoms with van der Waals surface area (Å²) in [6, 6.07) is 3.52. The van der Waals surface area contributed by atoms with Gasteiger partial charge in [0.2, 0.25) is 0 Å². The number of likely N-dealkylation sites (tertiary alicyclic amines) is 1. The molecule has 4 nitrogen and oxygen atoms in total. The van der Waals surface area contributed by atoms with Gasteiger partial charge in [-0.25, -0.2) is 0 Å². The Morgan fingerprint density at radius 3 is 2.77 bits per heavy atom. The summed E-state index contributed by atoms with van der Waals surface area (Å²) in [6.45, 7) is 5.04. The molecule has 22 heavy (non-hydrogen) atoms. The maximum absolute atomic E-state index is 11.9. The van der Waals surface area contributed by atoms with Crippen LogP contribution in [0.2, 0.25) is 15.1 Å². The van der Waals surface area contributed by atoms with Crippen molar-refractivity contribution < 1.29 is 14.4 Å². The van der Waals surface area contributed by atoms with Crippen LogP contribution < -0.4 is 15.0 Å². The van der Waals surface area contributed by atoms with Crippen molar-refractivity contribution in [2.75, 3.05) is 26.2 Å². The highest BCUT2D eigenvalue weighted by atomic mass is 35.5. The molecule has 0 saturated carbocycles. The van der Waals surface area contributed by atoms with Gasteiger partial charge in [0.1, 0.15) is 11.8 Å². The fourth-order valence-electron chi connectivity index (χ4n) is 2.74. The van der Waals surface area contributed by atoms with E-state index < -0.39 is 0 Å². The van der Waals surface area contributed by atoms with Crippen LogP contribution in [-0.4, -0.2) is 38.2 Å². The molecule has 1 heterocycles. The second-order valence-electron chi connectivity index (χ2n) is 5.39. The number of quaternary nitrogens is 1. The van der Waals surface area contributed by atoms with E-state index in [4.69, 9.17) is 39.5 Å². The van der Waals surface area contributed by atoms with Gasteiger partial charge < -0.3 is 15.0 Å². The molecule has 1 amide bonds. The van der Waals surface area contributed by atoms with E-state index in [9.17, 15) is 4.79 Å². The van der Waals surface area contributed by atoms with Gasteiger partial charge in [0.15, 0.2) is 6.61 Å². The highest BCUT2D eigenvalue weighted by molar-refractivity contribution is 6.43. The van der Waals surface area contributed by atoms with E-state index in [1.807, 2.05) is 0 Å². The Labute approximate surface area is 145 Å². The predicted octanol–water partition coefficient (Wildman–Crippen LogP) is 2.21. The molecule has 2 atom stereocenters. The molecule has 0 spiro atoms. The Morgan fingerprint density at radius 1 is 1.32 bits per heavy atom. The SMILES string of the molecule is CC[NH+]1CCC[C@H]1CNC(=O)COc1cc(Cl)c(Cl)cc1Cl. The Hall–Kier alpha value is -0.680. The van der Waals surface area contributed by atoms with Crippen LogP contribution in [0.1, 0.15) is 19.8 Å². The molecule has 2 rings (SSSR count). The fraction of sp³-hybridized carbons (Fsp3) is 0.533. The van der Waals surface area contributed by atoms with Gasteiger partial charge in [-0.05, 0) is 13.0 Å². The summed E-state index contributed by atoms with van der Waals surface area (Å²) in [6.07, 6.45) is 2.38. The number of hydrogen-bond donors (Lipinski definition) is 2. The zero-order valence-corrected chi connectivity index (χ0v) is 14.7. The van der Waals surface area contributed by atoms with Crippen LogP contribution in [0.15, 0.2) is 12.1 Å². The second kappa shape index (κ2) is 8.25. The van der Waals surface area contributed by atoms with Gasteiger partial charge in [-0.1, -0.05) is 34.8 Å². The standard InChI is InChI=1S/C15H19Cl3N2O2/c1-2-20-5-3-4-10(20)8-19-15(21)9-22-14-7-12(17)11(16)6-13(14)18/h6-7,10H,2-5,8-9H2,1H3,(H,19,21)/p+1/t10-/m0/s1. The van der Waals surface area contributed by atoms with Crippen LogP contribution in [-0.2, 0) is 4.79 Å². The minimum absolute atomic E-state index is 0.0914. The topological polar surface area (TPSA) is 42.8 Å². The van der Waals surface area contributed by atoms with Gasteiger partial charge in [-0.2, -0.15) is 0 Å². The number of likely N-dealkylation sites (N-methyl/N-ethyl adjacent to an activating group) is 1. The van der Waals surface area contributed by atoms with Gasteiger partial charge in [-0.3, -0.25) is 4.79 Å². The third-order valence-electron chi connectivity index (χ3n) is 3.96. The molecule has 0 aliphatic carbocycles. The number of rotatable bonds is 6. The molecule has 1 saturated heterocycles. The lowest BCUT2D eigenvalue weighted by Gasteiger charge is -2.20. The molecule has 0 radical (unpaired) electrons. The monoisotopic (exact) mass is 365 g/mol. The summed E-state index contributed by atoms with van der Waals surface area (Å²) in [5.41, 5.74) is 0. The summed E-state index contributed by atoms with van der Waals surface area (Å²) < 4.78 is 5.41. The molecule has 1 aliphatic rings. The molecule has 7 heteroatoms. The molecule has 0 aromatic heterocycles. The predicted molar refractivity (Wildman–Crippen MR) is 89.4 cm³/mol. The van der Waals surface area contributed by atoms with Gasteiger partial charge in [0.25, 0.3) is 5.91 Å². The van der Waals surface area contributed by atoms with E-state index in [0.29, 0.717) is 33.4 Å². The van der Waals surface area contributed by atoms with E-state index in [1.165, 1.54) is 25.1 Å². The highest BCUT2D eigenvalue weighted by Gasteiger charge is 2.27. The normalized spacial score (nSPS) is 20.9. The largest absolute Gasteiger partial charge is 0.482 e. The van der Waals surface area contributed by atoms with Crippen LogP contribution in [0.25, 0.3) is 0 Å². The first-order chi connectivity index (χ1) is 10.5. The second-order valence-corrected chi connectivity index (χ2v) is 6.61. The molecule has 1 aromatic carbocycles. The zero-order chi connectivity index (χ0) is 16.1. The Kier molecular flexibility index (Phi) is 6.63. The summed E-state index contributed by atoms with van der Waals surface area (Å²) in [5.74, 6) is 0.192. The summed E-state index contributed by atoms with van der Waals surface area (Å²) in [4.78, 5) is 13.4. The first kappa shape index (κ1) is 17.7. The number of carbonyl (C=O) groups excluding carboxylic acids is 1. The van der Waals surface area contributed by atoms with Crippen LogP contribution >= 0.6 is 34.8 Å². The van der Waals surface area contributed by atoms with Crippen molar-refractivity contribution in [3.63, 3.8) is 0 Å². The maximum atomic E-state index is 11.9. The quantitative estimate of drug-likeness (QED) is 0.758. The molecular weight excluding hydrogens is 347 g/mol. The minimum Gasteiger partial charge on any atom is -0.482 e. The lowest BCUT2D eigenvalue weighted by molar-refractivity contribution is -0.909. The van der Waals surface area contributed by atoms with Crippen molar-refractivity contribution in [2.45, 2.75) is 25.8 Å². The molecule has 1 aliphatic heterocycles. The number of benzene rings is 1. The van der Waals surface area contributed by atoms with Crippen molar-refractivity contribution in [3.8, 4) is 5.75 Å². The third-order valence-corrected chi connectivity index (χ3v) is 4.98. The Bertz CT molecular complexity index is 540. The molecule has 0 bridgehead atoms. The maximum Gasteiger partial charge on any atom is 0.258 e. The molecule has 122 valence electrons. The zero-order valence-electron chi connectivity index (χ0n) is 12.4. The smallest absolute Gasteiger partial charge is 0.258 e.